The molecule has 4 saturated heterocycles. The molecule has 43 heteroatoms. The predicted octanol–water partition coefficient (Wildman–Crippen LogP) is 7.83. The van der Waals surface area contributed by atoms with Gasteiger partial charge in [0.05, 0.1) is 48.7 Å². The van der Waals surface area contributed by atoms with Crippen molar-refractivity contribution in [2.45, 2.75) is 202 Å². The summed E-state index contributed by atoms with van der Waals surface area (Å²) in [6, 6.07) is 24.1. The molecule has 40 nitrogen and oxygen atoms in total. The summed E-state index contributed by atoms with van der Waals surface area (Å²) in [6.07, 6.45) is 18.6. The van der Waals surface area contributed by atoms with Gasteiger partial charge in [-0.3, -0.25) is 62.3 Å². The highest BCUT2D eigenvalue weighted by Crippen LogP contribution is 2.39. The van der Waals surface area contributed by atoms with Gasteiger partial charge in [0.1, 0.15) is 94.1 Å². The molecule has 12 amide bonds. The normalized spacial score (nSPS) is 19.0. The summed E-state index contributed by atoms with van der Waals surface area (Å²) in [4.78, 5) is 197. The number of aromatic nitrogens is 4. The molecule has 768 valence electrons. The number of hydrogen-bond acceptors (Lipinski definition) is 24. The molecular weight excluding hydrogens is 1880 g/mol. The third-order valence-corrected chi connectivity index (χ3v) is 26.0. The van der Waals surface area contributed by atoms with E-state index in [1.807, 2.05) is 60.7 Å². The number of aliphatic carboxylic acids is 1. The predicted molar refractivity (Wildman–Crippen MR) is 527 cm³/mol. The highest BCUT2D eigenvalue weighted by atomic mass is 35.5. The number of nitrogens with one attached hydrogen (secondary N) is 15. The van der Waals surface area contributed by atoms with Crippen molar-refractivity contribution in [3.05, 3.63) is 120 Å². The average Bonchev–Trinajstić information content (AvgIpc) is 1.67. The van der Waals surface area contributed by atoms with Crippen LogP contribution in [-0.4, -0.2) is 237 Å². The number of piperidine rings is 4. The molecule has 8 aromatic rings. The first-order valence-corrected chi connectivity index (χ1v) is 48.9. The molecule has 4 aromatic carbocycles. The fourth-order valence-corrected chi connectivity index (χ4v) is 17.5. The van der Waals surface area contributed by atoms with Gasteiger partial charge < -0.3 is 123 Å². The standard InChI is InChI=1S/C25H32N4O6.C24H31N5O5.C24H29N5O4.C16H18N2O4.C9H16N2O3.CH3FS.ClH/c1-34-21-7-3-6-17-16(21)13-19(27-17)24(32)28-18(11-14-8-9-14)23(31)29-20(25(33)35-2)12-15-5-4-10-26-22(15)30;1-34-20-6-2-5-16-15(20)12-19(27-16)24(33)29-18(10-13-7-8-13)23(32)28-17(21(25)30)11-14-4-3-9-26-22(14)31;1-33-21-6-2-5-18-17(21)12-20(28-18)24(32)29-19(10-14-7-8-14)23(31)27-16(13-25)11-15-4-3-9-26-22(15)30;1-22-14-4-2-3-11-10(14)8-12(17-11)15(19)18-13(16(20)21)7-9-5-6-9;1-14-9(13)7(10)5-6-3-2-4-11-8(6)12;1-3-2;/h3,6-7,13-15,18,20,27H,4-5,8-12H2,1-2H3,(H,26,30)(H,28,32)(H,29,31);2,5-6,12-14,17-18,27H,3-4,7-11H2,1H3,(H2,25,30)(H,26,31)(H,28,32)(H,29,33);2,5-6,12,14-16,19,28H,3-4,7-11H2,1H3,(H,26,30)(H,27,31)(H,29,32);2-4,8-9,13,17H,5-7H2,1H3,(H,18,19)(H,20,21);6-7H,2-5,10H2,1H3,(H,11,12);1H3;1H/t15-,18?,20-;14-,17-,18?;15-,16?,19?;;6-,7-;;/m000.0../s1. The lowest BCUT2D eigenvalue weighted by Gasteiger charge is -2.27. The number of benzene rings is 4. The summed E-state index contributed by atoms with van der Waals surface area (Å²) >= 11 is 0.250. The summed E-state index contributed by atoms with van der Waals surface area (Å²) < 4.78 is 40.9. The Morgan fingerprint density at radius 1 is 0.401 bits per heavy atom. The van der Waals surface area contributed by atoms with Crippen LogP contribution >= 0.6 is 24.6 Å². The zero-order valence-electron chi connectivity index (χ0n) is 80.6. The molecule has 0 bridgehead atoms. The number of ether oxygens (including phenoxy) is 6. The number of nitriles is 1. The van der Waals surface area contributed by atoms with Gasteiger partial charge in [0.25, 0.3) is 23.6 Å². The number of aromatic amines is 4. The van der Waals surface area contributed by atoms with Crippen LogP contribution in [0, 0.1) is 58.7 Å². The summed E-state index contributed by atoms with van der Waals surface area (Å²) in [5.74, 6) is -3.23. The molecule has 4 aliphatic carbocycles. The molecule has 8 heterocycles. The summed E-state index contributed by atoms with van der Waals surface area (Å²) in [7, 11) is 8.80. The molecule has 5 unspecified atom stereocenters. The van der Waals surface area contributed by atoms with E-state index in [1.54, 1.807) is 64.8 Å². The Morgan fingerprint density at radius 2 is 0.676 bits per heavy atom. The Balaban J connectivity index is 0.000000186. The average molecular weight is 2010 g/mol. The van der Waals surface area contributed by atoms with Crippen LogP contribution in [0.3, 0.4) is 0 Å². The first-order valence-electron chi connectivity index (χ1n) is 47.7. The minimum atomic E-state index is -0.992. The zero-order chi connectivity index (χ0) is 102. The van der Waals surface area contributed by atoms with Crippen LogP contribution in [0.1, 0.15) is 196 Å². The topological polar surface area (TPSA) is 603 Å². The van der Waals surface area contributed by atoms with Crippen LogP contribution in [0.25, 0.3) is 43.6 Å². The molecule has 20 N–H and O–H groups in total. The minimum Gasteiger partial charge on any atom is -0.496 e. The second-order valence-electron chi connectivity index (χ2n) is 36.6. The van der Waals surface area contributed by atoms with Gasteiger partial charge in [0, 0.05) is 112 Å². The highest BCUT2D eigenvalue weighted by molar-refractivity contribution is 7.93. The maximum absolute atomic E-state index is 13.2. The monoisotopic (exact) mass is 2010 g/mol. The minimum absolute atomic E-state index is 0. The van der Waals surface area contributed by atoms with Crippen LogP contribution < -0.4 is 88.9 Å². The number of carbonyl (C=O) groups is 15. The highest BCUT2D eigenvalue weighted by Gasteiger charge is 2.41. The van der Waals surface area contributed by atoms with Crippen molar-refractivity contribution >= 4 is 157 Å². The first kappa shape index (κ1) is 110. The fraction of sp³-hybridized carbons (Fsp3) is 0.515. The van der Waals surface area contributed by atoms with Gasteiger partial charge in [0.15, 0.2) is 0 Å². The molecule has 142 heavy (non-hydrogen) atoms. The maximum atomic E-state index is 13.2. The van der Waals surface area contributed by atoms with Crippen molar-refractivity contribution in [3.8, 4) is 29.1 Å². The van der Waals surface area contributed by atoms with Crippen molar-refractivity contribution in [2.75, 3.05) is 75.1 Å². The van der Waals surface area contributed by atoms with Gasteiger partial charge in [-0.15, -0.1) is 12.4 Å². The van der Waals surface area contributed by atoms with Crippen LogP contribution in [-0.2, 0) is 62.2 Å². The van der Waals surface area contributed by atoms with Gasteiger partial charge in [-0.25, -0.2) is 9.59 Å². The number of fused-ring (bicyclic) bond motifs is 4. The number of halogens is 2. The summed E-state index contributed by atoms with van der Waals surface area (Å²) in [6.45, 7) is 2.59. The van der Waals surface area contributed by atoms with E-state index in [1.165, 1.54) is 20.5 Å². The molecule has 0 radical (unpaired) electrons. The summed E-state index contributed by atoms with van der Waals surface area (Å²) in [5.41, 5.74) is 15.4. The largest absolute Gasteiger partial charge is 0.496 e. The van der Waals surface area contributed by atoms with Crippen molar-refractivity contribution in [1.29, 1.82) is 5.26 Å². The number of nitrogens with two attached hydrogens (primary N) is 2. The van der Waals surface area contributed by atoms with E-state index in [4.69, 9.17) is 35.2 Å². The van der Waals surface area contributed by atoms with E-state index in [-0.39, 0.29) is 91.1 Å². The second-order valence-corrected chi connectivity index (χ2v) is 36.9. The third-order valence-electron chi connectivity index (χ3n) is 26.0. The number of esters is 2. The molecule has 16 rings (SSSR count). The molecule has 4 aromatic heterocycles. The number of carboxylic acids is 1. The number of carboxylic acid groups (broad SMARTS) is 1. The number of rotatable bonds is 38. The number of H-pyrrole nitrogens is 4. The molecule has 4 saturated carbocycles. The van der Waals surface area contributed by atoms with Gasteiger partial charge in [0.2, 0.25) is 47.3 Å². The first-order chi connectivity index (χ1) is 67.9. The lowest BCUT2D eigenvalue weighted by Crippen LogP contribution is -2.54. The van der Waals surface area contributed by atoms with E-state index in [9.17, 15) is 86.2 Å². The Bertz CT molecular complexity index is 5810. The second kappa shape index (κ2) is 53.8. The Labute approximate surface area is 830 Å². The Kier molecular flexibility index (Phi) is 41.8. The number of methoxy groups -OCH3 is 6. The molecule has 8 fully saturated rings. The smallest absolute Gasteiger partial charge is 0.328 e. The van der Waals surface area contributed by atoms with Crippen molar-refractivity contribution in [1.82, 2.24) is 78.4 Å². The van der Waals surface area contributed by atoms with E-state index >= 15 is 0 Å². The molecule has 12 atom stereocenters. The molecule has 0 spiro atoms. The summed E-state index contributed by atoms with van der Waals surface area (Å²) in [5, 5.41) is 52.2. The van der Waals surface area contributed by atoms with Gasteiger partial charge in [-0.1, -0.05) is 75.6 Å². The van der Waals surface area contributed by atoms with Crippen LogP contribution in [0.2, 0.25) is 0 Å². The van der Waals surface area contributed by atoms with Crippen molar-refractivity contribution in [3.63, 3.8) is 0 Å². The van der Waals surface area contributed by atoms with Gasteiger partial charge in [-0.05, 0) is 199 Å². The quantitative estimate of drug-likeness (QED) is 0.0164. The van der Waals surface area contributed by atoms with Crippen LogP contribution in [0.15, 0.2) is 97.1 Å². The maximum Gasteiger partial charge on any atom is 0.328 e. The number of amides is 12. The Hall–Kier alpha value is -13.7. The van der Waals surface area contributed by atoms with Crippen LogP contribution in [0.5, 0.6) is 23.0 Å². The van der Waals surface area contributed by atoms with Crippen molar-refractivity contribution < 1.29 is 109 Å². The Morgan fingerprint density at radius 3 is 0.951 bits per heavy atom. The molecular formula is C99H130ClFN18O22S. The van der Waals surface area contributed by atoms with Crippen LogP contribution in [0.4, 0.5) is 3.89 Å². The molecule has 8 aliphatic rings. The van der Waals surface area contributed by atoms with Crippen molar-refractivity contribution in [2.24, 2.45) is 58.8 Å². The number of primary amides is 1. The SMILES string of the molecule is COC(=O)[C@@H](N)C[C@@H]1CCCNC1=O.COC(=O)[C@H](C[C@@H]1CCCNC1=O)NC(=O)C(CC1CC1)NC(=O)c1cc2c(OC)cccc2[nH]1.COc1cccc2[nH]c(C(=O)NC(CC3CC3)C(=O)NC(C#N)C[C@@H]3CCCNC3=O)cc12.COc1cccc2[nH]c(C(=O)NC(CC3CC3)C(=O)N[C@@H](C[C@@H]3CCCNC3=O)C(N)=O)cc12.COc1cccc2[nH]c(C(=O)NC(CC3CC3)C(=O)O)cc12.CSF.Cl. The molecule has 4 aliphatic heterocycles. The third kappa shape index (κ3) is 32.2. The number of nitrogens with zero attached hydrogens (tertiary/aromatic N) is 1. The van der Waals surface area contributed by atoms with E-state index < -0.39 is 114 Å². The van der Waals surface area contributed by atoms with E-state index in [0.29, 0.717) is 140 Å². The zero-order valence-corrected chi connectivity index (χ0v) is 82.2. The number of carbonyl (C=O) groups excluding carboxylic acids is 14. The number of hydrogen-bond donors (Lipinski definition) is 18. The lowest BCUT2D eigenvalue weighted by atomic mass is 9.91. The van der Waals surface area contributed by atoms with Gasteiger partial charge >= 0.3 is 17.9 Å². The fourth-order valence-electron chi connectivity index (χ4n) is 17.5. The van der Waals surface area contributed by atoms with E-state index in [2.05, 4.69) is 89.2 Å². The van der Waals surface area contributed by atoms with E-state index in [0.717, 1.165) is 134 Å². The van der Waals surface area contributed by atoms with Gasteiger partial charge in [-0.2, -0.15) is 9.15 Å². The lowest BCUT2D eigenvalue weighted by molar-refractivity contribution is -0.146.